The first kappa shape index (κ1) is 7.37. The third-order valence-corrected chi connectivity index (χ3v) is 4.69. The molecule has 0 amide bonds. The van der Waals surface area contributed by atoms with Crippen LogP contribution < -0.4 is 0 Å². The molecule has 0 heterocycles. The lowest BCUT2D eigenvalue weighted by Crippen LogP contribution is -2.51. The lowest BCUT2D eigenvalue weighted by Gasteiger charge is -2.51. The fraction of sp³-hybridized carbons (Fsp3) is 0.900. The minimum Gasteiger partial charge on any atom is -0.299 e. The minimum absolute atomic E-state index is 0.185. The van der Waals surface area contributed by atoms with Gasteiger partial charge in [0.1, 0.15) is 5.78 Å². The number of carbonyl (C=O) groups is 1. The lowest BCUT2D eigenvalue weighted by atomic mass is 9.55. The van der Waals surface area contributed by atoms with Crippen molar-refractivity contribution >= 4 is 17.4 Å². The molecule has 4 fully saturated rings. The number of halogens is 1. The molecule has 4 bridgehead atoms. The van der Waals surface area contributed by atoms with Gasteiger partial charge in [-0.25, -0.2) is 0 Å². The highest BCUT2D eigenvalue weighted by Crippen LogP contribution is 2.53. The van der Waals surface area contributed by atoms with Crippen molar-refractivity contribution in [3.05, 3.63) is 0 Å². The summed E-state index contributed by atoms with van der Waals surface area (Å²) in [6.45, 7) is 0. The molecule has 0 spiro atoms. The van der Waals surface area contributed by atoms with Crippen LogP contribution in [0, 0.1) is 23.7 Å². The smallest absolute Gasteiger partial charge is 0.140 e. The number of rotatable bonds is 0. The van der Waals surface area contributed by atoms with E-state index < -0.39 is 0 Å². The number of ketones is 1. The Balaban J connectivity index is 1.98. The number of carbonyl (C=O) groups excluding carboxylic acids is 1. The van der Waals surface area contributed by atoms with E-state index in [0.29, 0.717) is 17.6 Å². The average Bonchev–Trinajstić information content (AvgIpc) is 2.07. The summed E-state index contributed by atoms with van der Waals surface area (Å²) in [5.74, 6) is 2.64. The molecular weight excluding hydrogens is 172 g/mol. The number of hydrogen-bond acceptors (Lipinski definition) is 1. The van der Waals surface area contributed by atoms with Crippen LogP contribution >= 0.6 is 11.6 Å². The summed E-state index contributed by atoms with van der Waals surface area (Å²) in [4.78, 5) is 11.7. The van der Waals surface area contributed by atoms with Crippen molar-refractivity contribution in [1.82, 2.24) is 0 Å². The van der Waals surface area contributed by atoms with Gasteiger partial charge in [-0.2, -0.15) is 0 Å². The van der Waals surface area contributed by atoms with Gasteiger partial charge in [-0.3, -0.25) is 4.79 Å². The second-order valence-electron chi connectivity index (χ2n) is 4.72. The molecule has 4 rings (SSSR count). The first-order valence-corrected chi connectivity index (χ1v) is 5.37. The van der Waals surface area contributed by atoms with E-state index in [1.165, 1.54) is 12.8 Å². The maximum atomic E-state index is 11.7. The largest absolute Gasteiger partial charge is 0.299 e. The summed E-state index contributed by atoms with van der Waals surface area (Å²) in [7, 11) is 0. The summed E-state index contributed by atoms with van der Waals surface area (Å²) in [5, 5.41) is 0.185. The van der Waals surface area contributed by atoms with Crippen LogP contribution in [-0.4, -0.2) is 11.2 Å². The summed E-state index contributed by atoms with van der Waals surface area (Å²) in [6, 6.07) is 0. The van der Waals surface area contributed by atoms with Crippen molar-refractivity contribution < 1.29 is 4.79 Å². The van der Waals surface area contributed by atoms with Crippen LogP contribution in [0.15, 0.2) is 0 Å². The quantitative estimate of drug-likeness (QED) is 0.528. The zero-order valence-corrected chi connectivity index (χ0v) is 7.76. The van der Waals surface area contributed by atoms with E-state index >= 15 is 0 Å². The van der Waals surface area contributed by atoms with Crippen molar-refractivity contribution in [2.75, 3.05) is 0 Å². The Morgan fingerprint density at radius 2 is 2.00 bits per heavy atom. The normalized spacial score (nSPS) is 56.4. The van der Waals surface area contributed by atoms with Crippen LogP contribution in [0.3, 0.4) is 0 Å². The molecule has 3 unspecified atom stereocenters. The molecule has 5 atom stereocenters. The van der Waals surface area contributed by atoms with Crippen molar-refractivity contribution in [2.24, 2.45) is 23.7 Å². The molecule has 0 N–H and O–H groups in total. The Morgan fingerprint density at radius 3 is 2.83 bits per heavy atom. The topological polar surface area (TPSA) is 17.1 Å². The Morgan fingerprint density at radius 1 is 1.17 bits per heavy atom. The molecule has 0 aromatic heterocycles. The van der Waals surface area contributed by atoms with E-state index in [1.807, 2.05) is 0 Å². The lowest BCUT2D eigenvalue weighted by molar-refractivity contribution is -0.139. The van der Waals surface area contributed by atoms with Crippen molar-refractivity contribution in [2.45, 2.75) is 31.1 Å². The van der Waals surface area contributed by atoms with Gasteiger partial charge in [0, 0.05) is 17.2 Å². The molecule has 12 heavy (non-hydrogen) atoms. The first-order valence-electron chi connectivity index (χ1n) is 4.93. The van der Waals surface area contributed by atoms with E-state index in [9.17, 15) is 4.79 Å². The summed E-state index contributed by atoms with van der Waals surface area (Å²) >= 11 is 6.24. The monoisotopic (exact) mass is 184 g/mol. The predicted octanol–water partition coefficient (Wildman–Crippen LogP) is 2.23. The Hall–Kier alpha value is -0.0400. The van der Waals surface area contributed by atoms with Crippen molar-refractivity contribution in [1.29, 1.82) is 0 Å². The van der Waals surface area contributed by atoms with Crippen LogP contribution in [0.5, 0.6) is 0 Å². The third-order valence-electron chi connectivity index (χ3n) is 4.03. The molecule has 4 aliphatic rings. The van der Waals surface area contributed by atoms with Gasteiger partial charge in [-0.15, -0.1) is 11.6 Å². The number of hydrogen-bond donors (Lipinski definition) is 0. The van der Waals surface area contributed by atoms with E-state index in [1.54, 1.807) is 0 Å². The van der Waals surface area contributed by atoms with Gasteiger partial charge < -0.3 is 0 Å². The predicted molar refractivity (Wildman–Crippen MR) is 47.1 cm³/mol. The highest BCUT2D eigenvalue weighted by atomic mass is 35.5. The Bertz CT molecular complexity index is 238. The summed E-state index contributed by atoms with van der Waals surface area (Å²) in [5.41, 5.74) is 0. The third kappa shape index (κ3) is 0.783. The molecule has 1 nitrogen and oxygen atoms in total. The molecule has 4 saturated carbocycles. The SMILES string of the molecule is O=C1C2CC3CC(C[C@@H]1C3)[C@H]2Cl. The molecule has 66 valence electrons. The van der Waals surface area contributed by atoms with E-state index in [-0.39, 0.29) is 11.3 Å². The van der Waals surface area contributed by atoms with E-state index in [0.717, 1.165) is 18.8 Å². The van der Waals surface area contributed by atoms with Gasteiger partial charge in [-0.05, 0) is 37.5 Å². The van der Waals surface area contributed by atoms with Crippen LogP contribution in [-0.2, 0) is 4.79 Å². The van der Waals surface area contributed by atoms with Gasteiger partial charge in [0.25, 0.3) is 0 Å². The number of Topliss-reactive ketones (excluding diaryl/α,β-unsaturated/α-hetero) is 1. The van der Waals surface area contributed by atoms with Crippen molar-refractivity contribution in [3.8, 4) is 0 Å². The van der Waals surface area contributed by atoms with Gasteiger partial charge in [0.2, 0.25) is 0 Å². The summed E-state index contributed by atoms with van der Waals surface area (Å²) < 4.78 is 0. The molecule has 0 aromatic rings. The van der Waals surface area contributed by atoms with Gasteiger partial charge in [-0.1, -0.05) is 0 Å². The second-order valence-corrected chi connectivity index (χ2v) is 5.22. The molecular formula is C10H13ClO. The highest BCUT2D eigenvalue weighted by molar-refractivity contribution is 6.23. The van der Waals surface area contributed by atoms with Crippen LogP contribution in [0.25, 0.3) is 0 Å². The second kappa shape index (κ2) is 2.25. The van der Waals surface area contributed by atoms with E-state index in [2.05, 4.69) is 0 Å². The molecule has 0 aromatic carbocycles. The fourth-order valence-electron chi connectivity index (χ4n) is 3.56. The van der Waals surface area contributed by atoms with Crippen molar-refractivity contribution in [3.63, 3.8) is 0 Å². The molecule has 2 heteroatoms. The Kier molecular flexibility index (Phi) is 1.39. The molecule has 0 saturated heterocycles. The first-order chi connectivity index (χ1) is 5.75. The maximum Gasteiger partial charge on any atom is 0.140 e. The average molecular weight is 185 g/mol. The fourth-order valence-corrected chi connectivity index (χ4v) is 4.00. The van der Waals surface area contributed by atoms with Gasteiger partial charge in [0.05, 0.1) is 0 Å². The van der Waals surface area contributed by atoms with Crippen LogP contribution in [0.2, 0.25) is 0 Å². The van der Waals surface area contributed by atoms with Crippen LogP contribution in [0.4, 0.5) is 0 Å². The maximum absolute atomic E-state index is 11.7. The van der Waals surface area contributed by atoms with E-state index in [4.69, 9.17) is 11.6 Å². The summed E-state index contributed by atoms with van der Waals surface area (Å²) in [6.07, 6.45) is 4.67. The zero-order chi connectivity index (χ0) is 8.29. The molecule has 0 aliphatic heterocycles. The Labute approximate surface area is 77.5 Å². The highest BCUT2D eigenvalue weighted by Gasteiger charge is 2.52. The van der Waals surface area contributed by atoms with Gasteiger partial charge in [0.15, 0.2) is 0 Å². The van der Waals surface area contributed by atoms with Crippen LogP contribution in [0.1, 0.15) is 25.7 Å². The standard InChI is InChI=1S/C10H13ClO/c11-9-6-1-5-2-7(4-6)10(12)8(9)3-5/h5-9H,1-4H2/t5?,6?,7-,8?,9+/m0/s1. The minimum atomic E-state index is 0.185. The van der Waals surface area contributed by atoms with Gasteiger partial charge >= 0.3 is 0 Å². The molecule has 0 radical (unpaired) electrons. The number of alkyl halides is 1. The molecule has 4 aliphatic carbocycles. The zero-order valence-electron chi connectivity index (χ0n) is 7.00.